The van der Waals surface area contributed by atoms with E-state index in [1.54, 1.807) is 6.07 Å². The van der Waals surface area contributed by atoms with Crippen LogP contribution in [-0.2, 0) is 16.6 Å². The molecular formula is C14H24N4O2S2. The lowest BCUT2D eigenvalue weighted by Crippen LogP contribution is -2.39. The van der Waals surface area contributed by atoms with Crippen molar-refractivity contribution in [2.24, 2.45) is 10.9 Å². The summed E-state index contributed by atoms with van der Waals surface area (Å²) in [6, 6.07) is 3.98. The van der Waals surface area contributed by atoms with Gasteiger partial charge in [-0.25, -0.2) is 17.7 Å². The normalized spacial score (nSPS) is 22.0. The van der Waals surface area contributed by atoms with Gasteiger partial charge in [-0.2, -0.15) is 0 Å². The van der Waals surface area contributed by atoms with Crippen LogP contribution < -0.4 is 10.6 Å². The minimum Gasteiger partial charge on any atom is -0.357 e. The first-order valence-electron chi connectivity index (χ1n) is 7.40. The van der Waals surface area contributed by atoms with Gasteiger partial charge in [0.1, 0.15) is 4.21 Å². The van der Waals surface area contributed by atoms with Crippen LogP contribution in [0.3, 0.4) is 0 Å². The van der Waals surface area contributed by atoms with E-state index in [0.29, 0.717) is 22.7 Å². The smallest absolute Gasteiger partial charge is 0.252 e. The highest BCUT2D eigenvalue weighted by atomic mass is 32.2. The Morgan fingerprint density at radius 2 is 2.14 bits per heavy atom. The molecule has 0 bridgehead atoms. The highest BCUT2D eigenvalue weighted by molar-refractivity contribution is 7.91. The minimum absolute atomic E-state index is 0.358. The monoisotopic (exact) mass is 344 g/mol. The number of thiophene rings is 1. The summed E-state index contributed by atoms with van der Waals surface area (Å²) >= 11 is 1.27. The van der Waals surface area contributed by atoms with Crippen LogP contribution in [0.4, 0.5) is 0 Å². The molecule has 1 heterocycles. The van der Waals surface area contributed by atoms with Crippen molar-refractivity contribution in [2.45, 2.75) is 37.1 Å². The predicted molar refractivity (Wildman–Crippen MR) is 90.7 cm³/mol. The molecule has 2 atom stereocenters. The maximum Gasteiger partial charge on any atom is 0.252 e. The van der Waals surface area contributed by atoms with E-state index in [-0.39, 0.29) is 0 Å². The lowest BCUT2D eigenvalue weighted by molar-refractivity contribution is 0.523. The highest BCUT2D eigenvalue weighted by Gasteiger charge is 2.33. The van der Waals surface area contributed by atoms with Crippen molar-refractivity contribution < 1.29 is 8.42 Å². The van der Waals surface area contributed by atoms with Crippen molar-refractivity contribution in [1.29, 1.82) is 0 Å². The lowest BCUT2D eigenvalue weighted by Gasteiger charge is -2.10. The number of rotatable bonds is 6. The van der Waals surface area contributed by atoms with E-state index in [1.165, 1.54) is 36.2 Å². The molecule has 6 nitrogen and oxygen atoms in total. The number of hydrogen-bond acceptors (Lipinski definition) is 4. The van der Waals surface area contributed by atoms with Crippen LogP contribution in [0.25, 0.3) is 0 Å². The first-order valence-corrected chi connectivity index (χ1v) is 9.66. The molecule has 1 aliphatic carbocycles. The van der Waals surface area contributed by atoms with E-state index in [1.807, 2.05) is 13.0 Å². The van der Waals surface area contributed by atoms with Crippen molar-refractivity contribution in [2.75, 3.05) is 20.6 Å². The fraction of sp³-hybridized carbons (Fsp3) is 0.643. The zero-order chi connectivity index (χ0) is 16.3. The predicted octanol–water partition coefficient (Wildman–Crippen LogP) is 1.46. The Morgan fingerprint density at radius 1 is 1.45 bits per heavy atom. The molecule has 0 spiro atoms. The van der Waals surface area contributed by atoms with E-state index in [4.69, 9.17) is 0 Å². The van der Waals surface area contributed by atoms with Crippen molar-refractivity contribution in [3.8, 4) is 0 Å². The van der Waals surface area contributed by atoms with Gasteiger partial charge in [-0.3, -0.25) is 0 Å². The zero-order valence-electron chi connectivity index (χ0n) is 13.5. The lowest BCUT2D eigenvalue weighted by atomic mass is 10.4. The van der Waals surface area contributed by atoms with Crippen molar-refractivity contribution in [1.82, 2.24) is 14.9 Å². The van der Waals surface area contributed by atoms with Crippen LogP contribution >= 0.6 is 11.3 Å². The third-order valence-corrected chi connectivity index (χ3v) is 6.89. The highest BCUT2D eigenvalue weighted by Crippen LogP contribution is 2.29. The molecule has 0 radical (unpaired) electrons. The fourth-order valence-electron chi connectivity index (χ4n) is 1.94. The van der Waals surface area contributed by atoms with E-state index in [2.05, 4.69) is 22.5 Å². The maximum absolute atomic E-state index is 12.1. The van der Waals surface area contributed by atoms with Crippen molar-refractivity contribution >= 4 is 27.3 Å². The molecule has 0 amide bonds. The van der Waals surface area contributed by atoms with Gasteiger partial charge >= 0.3 is 0 Å². The number of hydrogen-bond donors (Lipinski definition) is 2. The van der Waals surface area contributed by atoms with E-state index < -0.39 is 10.0 Å². The first-order chi connectivity index (χ1) is 10.3. The van der Waals surface area contributed by atoms with Crippen molar-refractivity contribution in [3.05, 3.63) is 17.0 Å². The molecule has 1 saturated carbocycles. The molecule has 2 N–H and O–H groups in total. The first kappa shape index (κ1) is 17.2. The average Bonchev–Trinajstić information content (AvgIpc) is 2.95. The van der Waals surface area contributed by atoms with Gasteiger partial charge in [0.15, 0.2) is 5.96 Å². The Hall–Kier alpha value is -1.12. The summed E-state index contributed by atoms with van der Waals surface area (Å²) in [5.74, 6) is 1.49. The van der Waals surface area contributed by atoms with Gasteiger partial charge < -0.3 is 10.6 Å². The van der Waals surface area contributed by atoms with Gasteiger partial charge in [-0.15, -0.1) is 11.3 Å². The molecule has 22 heavy (non-hydrogen) atoms. The number of nitrogens with one attached hydrogen (secondary N) is 2. The summed E-state index contributed by atoms with van der Waals surface area (Å²) in [6.07, 6.45) is 1.18. The second-order valence-corrected chi connectivity index (χ2v) is 9.21. The number of aliphatic imine (C=N–C) groups is 1. The van der Waals surface area contributed by atoms with Crippen LogP contribution in [-0.4, -0.2) is 45.4 Å². The summed E-state index contributed by atoms with van der Waals surface area (Å²) in [5, 5.41) is 6.60. The summed E-state index contributed by atoms with van der Waals surface area (Å²) in [6.45, 7) is 5.51. The Bertz CT molecular complexity index is 637. The van der Waals surface area contributed by atoms with Crippen LogP contribution in [0.1, 0.15) is 25.1 Å². The van der Waals surface area contributed by atoms with Crippen LogP contribution in [0.2, 0.25) is 0 Å². The Kier molecular flexibility index (Phi) is 5.46. The molecule has 8 heteroatoms. The van der Waals surface area contributed by atoms with Gasteiger partial charge in [0, 0.05) is 31.6 Å². The molecule has 1 fully saturated rings. The Morgan fingerprint density at radius 3 is 2.68 bits per heavy atom. The topological polar surface area (TPSA) is 73.8 Å². The molecule has 1 aromatic heterocycles. The molecule has 1 aromatic rings. The van der Waals surface area contributed by atoms with Crippen LogP contribution in [0, 0.1) is 5.92 Å². The number of nitrogens with zero attached hydrogens (tertiary/aromatic N) is 2. The molecule has 0 aromatic carbocycles. The van der Waals surface area contributed by atoms with Crippen LogP contribution in [0.5, 0.6) is 0 Å². The molecule has 1 aliphatic rings. The standard InChI is InChI=1S/C14H24N4O2S2/c1-5-15-14(17-12-8-10(12)2)16-9-11-6-7-13(21-11)22(19,20)18(3)4/h6-7,10,12H,5,8-9H2,1-4H3,(H2,15,16,17). The third kappa shape index (κ3) is 4.21. The van der Waals surface area contributed by atoms with Gasteiger partial charge in [0.2, 0.25) is 0 Å². The molecular weight excluding hydrogens is 320 g/mol. The maximum atomic E-state index is 12.1. The Balaban J connectivity index is 2.03. The quantitative estimate of drug-likeness (QED) is 0.605. The molecule has 2 unspecified atom stereocenters. The van der Waals surface area contributed by atoms with E-state index in [9.17, 15) is 8.42 Å². The SMILES string of the molecule is CCNC(=NCc1ccc(S(=O)(=O)N(C)C)s1)NC1CC1C. The van der Waals surface area contributed by atoms with Gasteiger partial charge in [-0.05, 0) is 31.4 Å². The number of sulfonamides is 1. The molecule has 124 valence electrons. The molecule has 0 saturated heterocycles. The zero-order valence-corrected chi connectivity index (χ0v) is 15.1. The summed E-state index contributed by atoms with van der Waals surface area (Å²) in [4.78, 5) is 5.47. The summed E-state index contributed by atoms with van der Waals surface area (Å²) < 4.78 is 25.7. The number of guanidine groups is 1. The fourth-order valence-corrected chi connectivity index (χ4v) is 4.39. The second kappa shape index (κ2) is 6.97. The van der Waals surface area contributed by atoms with Gasteiger partial charge in [0.25, 0.3) is 10.0 Å². The summed E-state index contributed by atoms with van der Waals surface area (Å²) in [7, 11) is -0.272. The van der Waals surface area contributed by atoms with E-state index >= 15 is 0 Å². The minimum atomic E-state index is -3.35. The van der Waals surface area contributed by atoms with Crippen LogP contribution in [0.15, 0.2) is 21.3 Å². The molecule has 0 aliphatic heterocycles. The Labute approximate surface area is 136 Å². The van der Waals surface area contributed by atoms with E-state index in [0.717, 1.165) is 17.4 Å². The second-order valence-electron chi connectivity index (χ2n) is 5.67. The van der Waals surface area contributed by atoms with Crippen molar-refractivity contribution in [3.63, 3.8) is 0 Å². The molecule has 2 rings (SSSR count). The summed E-state index contributed by atoms with van der Waals surface area (Å²) in [5.41, 5.74) is 0. The largest absolute Gasteiger partial charge is 0.357 e. The van der Waals surface area contributed by atoms with Gasteiger partial charge in [-0.1, -0.05) is 6.92 Å². The average molecular weight is 345 g/mol. The third-order valence-electron chi connectivity index (χ3n) is 3.54. The van der Waals surface area contributed by atoms with Gasteiger partial charge in [0.05, 0.1) is 6.54 Å².